The predicted molar refractivity (Wildman–Crippen MR) is 72.1 cm³/mol. The summed E-state index contributed by atoms with van der Waals surface area (Å²) in [6.45, 7) is 0.202. The molecule has 0 bridgehead atoms. The summed E-state index contributed by atoms with van der Waals surface area (Å²) < 4.78 is 2.89. The fourth-order valence-electron chi connectivity index (χ4n) is 1.79. The molecule has 21 heavy (non-hydrogen) atoms. The summed E-state index contributed by atoms with van der Waals surface area (Å²) in [6, 6.07) is 7.04. The fourth-order valence-corrected chi connectivity index (χ4v) is 1.98. The van der Waals surface area contributed by atoms with Crippen LogP contribution in [0, 0.1) is 10.1 Å². The van der Waals surface area contributed by atoms with E-state index in [2.05, 4.69) is 20.6 Å². The standard InChI is InChI=1S/C11H8ClN7O2/c12-8-2-1-3-9(4-8)18-11(14-15-16-18)7-17-6-10(5-13-17)19(20)21/h1-6H,7H2. The zero-order valence-electron chi connectivity index (χ0n) is 10.5. The van der Waals surface area contributed by atoms with Crippen molar-refractivity contribution in [2.45, 2.75) is 6.54 Å². The Balaban J connectivity index is 1.90. The number of rotatable bonds is 4. The Morgan fingerprint density at radius 1 is 1.38 bits per heavy atom. The smallest absolute Gasteiger partial charge is 0.258 e. The third-order valence-electron chi connectivity index (χ3n) is 2.72. The first-order chi connectivity index (χ1) is 10.1. The van der Waals surface area contributed by atoms with Crippen LogP contribution in [0.25, 0.3) is 5.69 Å². The van der Waals surface area contributed by atoms with Crippen LogP contribution in [-0.4, -0.2) is 34.9 Å². The van der Waals surface area contributed by atoms with Crippen molar-refractivity contribution >= 4 is 17.3 Å². The van der Waals surface area contributed by atoms with Crippen molar-refractivity contribution in [2.24, 2.45) is 0 Å². The van der Waals surface area contributed by atoms with Gasteiger partial charge >= 0.3 is 5.69 Å². The molecule has 0 saturated heterocycles. The molecule has 2 aromatic heterocycles. The molecular weight excluding hydrogens is 298 g/mol. The van der Waals surface area contributed by atoms with E-state index in [-0.39, 0.29) is 12.2 Å². The van der Waals surface area contributed by atoms with Gasteiger partial charge in [0, 0.05) is 5.02 Å². The average Bonchev–Trinajstić information content (AvgIpc) is 3.08. The van der Waals surface area contributed by atoms with Crippen molar-refractivity contribution in [3.8, 4) is 5.69 Å². The molecule has 3 rings (SSSR count). The first kappa shape index (κ1) is 13.2. The summed E-state index contributed by atoms with van der Waals surface area (Å²) in [5.41, 5.74) is 0.612. The molecule has 0 fully saturated rings. The lowest BCUT2D eigenvalue weighted by atomic mass is 10.3. The van der Waals surface area contributed by atoms with Crippen LogP contribution in [0.3, 0.4) is 0 Å². The van der Waals surface area contributed by atoms with Crippen LogP contribution in [0.1, 0.15) is 5.82 Å². The van der Waals surface area contributed by atoms with Gasteiger partial charge in [-0.2, -0.15) is 9.78 Å². The Morgan fingerprint density at radius 3 is 2.95 bits per heavy atom. The van der Waals surface area contributed by atoms with Gasteiger partial charge in [-0.1, -0.05) is 17.7 Å². The highest BCUT2D eigenvalue weighted by molar-refractivity contribution is 6.30. The molecule has 10 heteroatoms. The highest BCUT2D eigenvalue weighted by Gasteiger charge is 2.13. The van der Waals surface area contributed by atoms with Crippen LogP contribution in [0.4, 0.5) is 5.69 Å². The van der Waals surface area contributed by atoms with E-state index in [1.807, 2.05) is 0 Å². The van der Waals surface area contributed by atoms with Gasteiger partial charge in [0.05, 0.1) is 10.6 Å². The van der Waals surface area contributed by atoms with Gasteiger partial charge in [0.2, 0.25) is 0 Å². The number of hydrogen-bond donors (Lipinski definition) is 0. The first-order valence-corrected chi connectivity index (χ1v) is 6.21. The third kappa shape index (κ3) is 2.72. The molecule has 9 nitrogen and oxygen atoms in total. The van der Waals surface area contributed by atoms with Gasteiger partial charge in [-0.05, 0) is 28.6 Å². The lowest BCUT2D eigenvalue weighted by Gasteiger charge is -2.04. The summed E-state index contributed by atoms with van der Waals surface area (Å²) >= 11 is 5.94. The topological polar surface area (TPSA) is 105 Å². The molecular formula is C11H8ClN7O2. The summed E-state index contributed by atoms with van der Waals surface area (Å²) in [4.78, 5) is 10.1. The highest BCUT2D eigenvalue weighted by Crippen LogP contribution is 2.15. The Morgan fingerprint density at radius 2 is 2.24 bits per heavy atom. The van der Waals surface area contributed by atoms with E-state index < -0.39 is 4.92 Å². The summed E-state index contributed by atoms with van der Waals surface area (Å²) in [6.07, 6.45) is 2.49. The largest absolute Gasteiger partial charge is 0.307 e. The van der Waals surface area contributed by atoms with Crippen LogP contribution in [0.15, 0.2) is 36.7 Å². The Hall–Kier alpha value is -2.81. The molecule has 0 aliphatic rings. The first-order valence-electron chi connectivity index (χ1n) is 5.83. The number of hydrogen-bond acceptors (Lipinski definition) is 6. The minimum atomic E-state index is -0.510. The lowest BCUT2D eigenvalue weighted by Crippen LogP contribution is -2.09. The third-order valence-corrected chi connectivity index (χ3v) is 2.96. The Bertz CT molecular complexity index is 797. The van der Waals surface area contributed by atoms with Gasteiger partial charge in [0.1, 0.15) is 18.9 Å². The fraction of sp³-hybridized carbons (Fsp3) is 0.0909. The Labute approximate surface area is 122 Å². The maximum atomic E-state index is 10.6. The monoisotopic (exact) mass is 305 g/mol. The molecule has 106 valence electrons. The van der Waals surface area contributed by atoms with Gasteiger partial charge < -0.3 is 0 Å². The minimum absolute atomic E-state index is 0.0863. The molecule has 3 aromatic rings. The van der Waals surface area contributed by atoms with E-state index in [9.17, 15) is 10.1 Å². The number of halogens is 1. The second-order valence-electron chi connectivity index (χ2n) is 4.14. The number of nitro groups is 1. The summed E-state index contributed by atoms with van der Waals surface area (Å²) in [7, 11) is 0. The molecule has 0 amide bonds. The maximum absolute atomic E-state index is 10.6. The van der Waals surface area contributed by atoms with Crippen molar-refractivity contribution < 1.29 is 4.92 Å². The number of benzene rings is 1. The molecule has 2 heterocycles. The normalized spacial score (nSPS) is 10.7. The molecule has 0 unspecified atom stereocenters. The second kappa shape index (κ2) is 5.29. The van der Waals surface area contributed by atoms with Gasteiger partial charge in [-0.25, -0.2) is 0 Å². The van der Waals surface area contributed by atoms with Crippen LogP contribution in [-0.2, 0) is 6.54 Å². The molecule has 0 saturated carbocycles. The quantitative estimate of drug-likeness (QED) is 0.534. The number of nitrogens with zero attached hydrogens (tertiary/aromatic N) is 7. The number of tetrazole rings is 1. The minimum Gasteiger partial charge on any atom is -0.258 e. The molecule has 0 spiro atoms. The zero-order valence-corrected chi connectivity index (χ0v) is 11.3. The van der Waals surface area contributed by atoms with Gasteiger partial charge in [0.15, 0.2) is 5.82 Å². The van der Waals surface area contributed by atoms with E-state index in [1.54, 1.807) is 24.3 Å². The average molecular weight is 306 g/mol. The zero-order chi connectivity index (χ0) is 14.8. The molecule has 0 N–H and O–H groups in total. The molecule has 0 radical (unpaired) electrons. The van der Waals surface area contributed by atoms with Crippen LogP contribution >= 0.6 is 11.6 Å². The van der Waals surface area contributed by atoms with Crippen molar-refractivity contribution in [2.75, 3.05) is 0 Å². The predicted octanol–water partition coefficient (Wildman–Crippen LogP) is 1.47. The van der Waals surface area contributed by atoms with E-state index in [4.69, 9.17) is 11.6 Å². The van der Waals surface area contributed by atoms with Crippen molar-refractivity contribution in [1.29, 1.82) is 0 Å². The van der Waals surface area contributed by atoms with Gasteiger partial charge in [-0.15, -0.1) is 5.10 Å². The number of aromatic nitrogens is 6. The molecule has 0 aliphatic carbocycles. The van der Waals surface area contributed by atoms with Crippen molar-refractivity contribution in [3.05, 3.63) is 57.6 Å². The summed E-state index contributed by atoms with van der Waals surface area (Å²) in [5, 5.41) is 26.5. The molecule has 1 aromatic carbocycles. The van der Waals surface area contributed by atoms with Crippen molar-refractivity contribution in [3.63, 3.8) is 0 Å². The van der Waals surface area contributed by atoms with E-state index in [0.717, 1.165) is 0 Å². The van der Waals surface area contributed by atoms with E-state index >= 15 is 0 Å². The van der Waals surface area contributed by atoms with Crippen LogP contribution in [0.2, 0.25) is 5.02 Å². The van der Waals surface area contributed by atoms with Crippen molar-refractivity contribution in [1.82, 2.24) is 30.0 Å². The van der Waals surface area contributed by atoms with E-state index in [1.165, 1.54) is 21.8 Å². The highest BCUT2D eigenvalue weighted by atomic mass is 35.5. The van der Waals surface area contributed by atoms with E-state index in [0.29, 0.717) is 16.5 Å². The summed E-state index contributed by atoms with van der Waals surface area (Å²) in [5.74, 6) is 0.482. The Kier molecular flexibility index (Phi) is 3.32. The van der Waals surface area contributed by atoms with Gasteiger partial charge in [0.25, 0.3) is 0 Å². The second-order valence-corrected chi connectivity index (χ2v) is 4.58. The van der Waals surface area contributed by atoms with Crippen LogP contribution in [0.5, 0.6) is 0 Å². The van der Waals surface area contributed by atoms with Gasteiger partial charge in [-0.3, -0.25) is 14.8 Å². The lowest BCUT2D eigenvalue weighted by molar-refractivity contribution is -0.385. The van der Waals surface area contributed by atoms with Crippen LogP contribution < -0.4 is 0 Å². The SMILES string of the molecule is O=[N+]([O-])c1cnn(Cc2nnnn2-c2cccc(Cl)c2)c1. The molecule has 0 aliphatic heterocycles. The maximum Gasteiger partial charge on any atom is 0.307 e. The molecule has 0 atom stereocenters.